The molecule has 2 aromatic rings. The van der Waals surface area contributed by atoms with Crippen LogP contribution in [-0.2, 0) is 11.4 Å². The second kappa shape index (κ2) is 19.1. The molecule has 0 heterocycles. The van der Waals surface area contributed by atoms with Gasteiger partial charge in [0, 0.05) is 16.5 Å². The van der Waals surface area contributed by atoms with Gasteiger partial charge in [-0.2, -0.15) is 5.10 Å². The van der Waals surface area contributed by atoms with E-state index < -0.39 is 0 Å². The van der Waals surface area contributed by atoms with Crippen LogP contribution >= 0.6 is 15.9 Å². The number of ether oxygens (including phenoxy) is 1. The average Bonchev–Trinajstić information content (AvgIpc) is 2.87. The number of carbonyl (C=O) groups excluding carboxylic acids is 1. The first kappa shape index (κ1) is 29.1. The number of hydrogen-bond acceptors (Lipinski definition) is 3. The number of amides is 1. The van der Waals surface area contributed by atoms with Gasteiger partial charge in [0.2, 0.25) is 5.91 Å². The third kappa shape index (κ3) is 14.1. The van der Waals surface area contributed by atoms with E-state index in [0.717, 1.165) is 34.2 Å². The van der Waals surface area contributed by atoms with Crippen LogP contribution in [0.1, 0.15) is 108 Å². The highest BCUT2D eigenvalue weighted by molar-refractivity contribution is 9.10. The van der Waals surface area contributed by atoms with Gasteiger partial charge >= 0.3 is 0 Å². The summed E-state index contributed by atoms with van der Waals surface area (Å²) < 4.78 is 6.90. The lowest BCUT2D eigenvalue weighted by Crippen LogP contribution is -2.17. The Morgan fingerprint density at radius 1 is 0.857 bits per heavy atom. The van der Waals surface area contributed by atoms with E-state index in [2.05, 4.69) is 33.4 Å². The SMILES string of the molecule is CCCCCCCCCCCCCCCC(=O)NN=Cc1cc(Br)ccc1OCc1ccccc1. The summed E-state index contributed by atoms with van der Waals surface area (Å²) >= 11 is 3.49. The third-order valence-corrected chi connectivity index (χ3v) is 6.60. The first-order valence-electron chi connectivity index (χ1n) is 13.5. The first-order valence-corrected chi connectivity index (χ1v) is 14.3. The van der Waals surface area contributed by atoms with E-state index in [1.54, 1.807) is 6.21 Å². The average molecular weight is 544 g/mol. The number of carbonyl (C=O) groups is 1. The molecule has 5 heteroatoms. The maximum absolute atomic E-state index is 12.1. The molecule has 0 aliphatic carbocycles. The van der Waals surface area contributed by atoms with Gasteiger partial charge in [0.05, 0.1) is 6.21 Å². The van der Waals surface area contributed by atoms with E-state index in [-0.39, 0.29) is 5.91 Å². The summed E-state index contributed by atoms with van der Waals surface area (Å²) in [6.07, 6.45) is 19.1. The number of nitrogens with zero attached hydrogens (tertiary/aromatic N) is 1. The standard InChI is InChI=1S/C30H43BrN2O2/c1-2-3-4-5-6-7-8-9-10-11-12-13-17-20-30(34)33-32-24-27-23-28(31)21-22-29(27)35-25-26-18-15-14-16-19-26/h14-16,18-19,21-24H,2-13,17,20,25H2,1H3,(H,33,34). The quantitative estimate of drug-likeness (QED) is 0.109. The second-order valence-electron chi connectivity index (χ2n) is 9.24. The monoisotopic (exact) mass is 542 g/mol. The van der Waals surface area contributed by atoms with Gasteiger partial charge in [-0.05, 0) is 30.2 Å². The Kier molecular flexibility index (Phi) is 15.9. The molecule has 0 spiro atoms. The van der Waals surface area contributed by atoms with Crippen LogP contribution < -0.4 is 10.2 Å². The van der Waals surface area contributed by atoms with Crippen molar-refractivity contribution in [2.24, 2.45) is 5.10 Å². The van der Waals surface area contributed by atoms with Gasteiger partial charge in [-0.15, -0.1) is 0 Å². The number of hydrazone groups is 1. The van der Waals surface area contributed by atoms with Crippen LogP contribution in [0.2, 0.25) is 0 Å². The van der Waals surface area contributed by atoms with Crippen LogP contribution in [0.3, 0.4) is 0 Å². The summed E-state index contributed by atoms with van der Waals surface area (Å²) in [6.45, 7) is 2.75. The molecule has 0 aliphatic rings. The molecule has 0 saturated heterocycles. The minimum Gasteiger partial charge on any atom is -0.488 e. The molecule has 0 aromatic heterocycles. The Morgan fingerprint density at radius 2 is 1.46 bits per heavy atom. The zero-order valence-electron chi connectivity index (χ0n) is 21.4. The van der Waals surface area contributed by atoms with E-state index >= 15 is 0 Å². The fourth-order valence-corrected chi connectivity index (χ4v) is 4.40. The number of rotatable bonds is 19. The molecule has 0 atom stereocenters. The van der Waals surface area contributed by atoms with Gasteiger partial charge in [-0.25, -0.2) is 5.43 Å². The van der Waals surface area contributed by atoms with Crippen LogP contribution in [0.15, 0.2) is 58.1 Å². The Bertz CT molecular complexity index is 855. The highest BCUT2D eigenvalue weighted by Gasteiger charge is 2.05. The molecule has 35 heavy (non-hydrogen) atoms. The van der Waals surface area contributed by atoms with Gasteiger partial charge in [-0.3, -0.25) is 4.79 Å². The molecule has 1 amide bonds. The van der Waals surface area contributed by atoms with Crippen molar-refractivity contribution in [2.45, 2.75) is 103 Å². The summed E-state index contributed by atoms with van der Waals surface area (Å²) in [4.78, 5) is 12.1. The number of unbranched alkanes of at least 4 members (excludes halogenated alkanes) is 12. The molecule has 0 radical (unpaired) electrons. The molecule has 2 rings (SSSR count). The number of hydrogen-bond donors (Lipinski definition) is 1. The molecule has 2 aromatic carbocycles. The van der Waals surface area contributed by atoms with Crippen LogP contribution in [0.5, 0.6) is 5.75 Å². The molecule has 0 fully saturated rings. The zero-order chi connectivity index (χ0) is 25.0. The van der Waals surface area contributed by atoms with E-state index in [9.17, 15) is 4.79 Å². The van der Waals surface area contributed by atoms with Crippen molar-refractivity contribution in [1.29, 1.82) is 0 Å². The van der Waals surface area contributed by atoms with Crippen molar-refractivity contribution in [1.82, 2.24) is 5.43 Å². The maximum atomic E-state index is 12.1. The maximum Gasteiger partial charge on any atom is 0.240 e. The van der Waals surface area contributed by atoms with Gasteiger partial charge in [-0.1, -0.05) is 130 Å². The van der Waals surface area contributed by atoms with Crippen LogP contribution in [0, 0.1) is 0 Å². The van der Waals surface area contributed by atoms with Gasteiger partial charge < -0.3 is 4.74 Å². The normalized spacial score (nSPS) is 11.1. The summed E-state index contributed by atoms with van der Waals surface area (Å²) in [7, 11) is 0. The summed E-state index contributed by atoms with van der Waals surface area (Å²) in [5.41, 5.74) is 4.57. The van der Waals surface area contributed by atoms with Gasteiger partial charge in [0.15, 0.2) is 0 Å². The summed E-state index contributed by atoms with van der Waals surface area (Å²) in [5, 5.41) is 4.15. The highest BCUT2D eigenvalue weighted by atomic mass is 79.9. The van der Waals surface area contributed by atoms with Crippen molar-refractivity contribution in [3.05, 3.63) is 64.1 Å². The van der Waals surface area contributed by atoms with E-state index in [0.29, 0.717) is 13.0 Å². The third-order valence-electron chi connectivity index (χ3n) is 6.11. The molecular formula is C30H43BrN2O2. The number of nitrogens with one attached hydrogen (secondary N) is 1. The first-order chi connectivity index (χ1) is 17.2. The van der Waals surface area contributed by atoms with E-state index in [1.165, 1.54) is 70.6 Å². The molecular weight excluding hydrogens is 500 g/mol. The summed E-state index contributed by atoms with van der Waals surface area (Å²) in [6, 6.07) is 15.8. The topological polar surface area (TPSA) is 50.7 Å². The molecule has 0 bridgehead atoms. The van der Waals surface area contributed by atoms with Crippen molar-refractivity contribution in [3.8, 4) is 5.75 Å². The predicted octanol–water partition coefficient (Wildman–Crippen LogP) is 8.96. The van der Waals surface area contributed by atoms with Gasteiger partial charge in [0.1, 0.15) is 12.4 Å². The Balaban J connectivity index is 1.55. The Labute approximate surface area is 221 Å². The number of halogens is 1. The van der Waals surface area contributed by atoms with Crippen molar-refractivity contribution in [2.75, 3.05) is 0 Å². The molecule has 1 N–H and O–H groups in total. The minimum atomic E-state index is -0.0360. The Morgan fingerprint density at radius 3 is 2.09 bits per heavy atom. The molecule has 0 aliphatic heterocycles. The second-order valence-corrected chi connectivity index (χ2v) is 10.2. The van der Waals surface area contributed by atoms with Crippen molar-refractivity contribution in [3.63, 3.8) is 0 Å². The van der Waals surface area contributed by atoms with E-state index in [1.807, 2.05) is 48.5 Å². The predicted molar refractivity (Wildman–Crippen MR) is 151 cm³/mol. The van der Waals surface area contributed by atoms with E-state index in [4.69, 9.17) is 4.74 Å². The summed E-state index contributed by atoms with van der Waals surface area (Å²) in [5.74, 6) is 0.692. The molecule has 0 unspecified atom stereocenters. The molecule has 0 saturated carbocycles. The molecule has 4 nitrogen and oxygen atoms in total. The number of benzene rings is 2. The minimum absolute atomic E-state index is 0.0360. The lowest BCUT2D eigenvalue weighted by atomic mass is 10.0. The lowest BCUT2D eigenvalue weighted by Gasteiger charge is -2.09. The van der Waals surface area contributed by atoms with Crippen LogP contribution in [0.25, 0.3) is 0 Å². The van der Waals surface area contributed by atoms with Crippen molar-refractivity contribution < 1.29 is 9.53 Å². The van der Waals surface area contributed by atoms with Crippen LogP contribution in [-0.4, -0.2) is 12.1 Å². The lowest BCUT2D eigenvalue weighted by molar-refractivity contribution is -0.121. The Hall–Kier alpha value is -2.14. The fraction of sp³-hybridized carbons (Fsp3) is 0.533. The van der Waals surface area contributed by atoms with Crippen LogP contribution in [0.4, 0.5) is 0 Å². The fourth-order valence-electron chi connectivity index (χ4n) is 4.02. The molecule has 192 valence electrons. The zero-order valence-corrected chi connectivity index (χ0v) is 23.0. The smallest absolute Gasteiger partial charge is 0.240 e. The largest absolute Gasteiger partial charge is 0.488 e. The van der Waals surface area contributed by atoms with Gasteiger partial charge in [0.25, 0.3) is 0 Å². The highest BCUT2D eigenvalue weighted by Crippen LogP contribution is 2.23. The van der Waals surface area contributed by atoms with Crippen molar-refractivity contribution >= 4 is 28.1 Å².